The Bertz CT molecular complexity index is 599. The van der Waals surface area contributed by atoms with E-state index in [-0.39, 0.29) is 29.8 Å². The van der Waals surface area contributed by atoms with Crippen molar-refractivity contribution in [1.29, 1.82) is 0 Å². The lowest BCUT2D eigenvalue weighted by molar-refractivity contribution is 0.625. The summed E-state index contributed by atoms with van der Waals surface area (Å²) < 4.78 is 13.0. The van der Waals surface area contributed by atoms with E-state index in [0.717, 1.165) is 16.8 Å². The summed E-state index contributed by atoms with van der Waals surface area (Å²) in [5.41, 5.74) is 8.60. The molecule has 0 unspecified atom stereocenters. The van der Waals surface area contributed by atoms with E-state index in [0.29, 0.717) is 12.5 Å². The number of nitrogens with two attached hydrogens (primary N) is 1. The molecule has 2 rings (SSSR count). The maximum Gasteiger partial charge on any atom is 0.193 e. The van der Waals surface area contributed by atoms with Gasteiger partial charge in [0.05, 0.1) is 6.54 Å². The fourth-order valence-corrected chi connectivity index (χ4v) is 1.72. The second kappa shape index (κ2) is 7.84. The summed E-state index contributed by atoms with van der Waals surface area (Å²) in [6.45, 7) is 2.35. The number of anilines is 1. The fourth-order valence-electron chi connectivity index (χ4n) is 1.72. The van der Waals surface area contributed by atoms with Gasteiger partial charge in [0.25, 0.3) is 0 Å². The smallest absolute Gasteiger partial charge is 0.193 e. The third-order valence-corrected chi connectivity index (χ3v) is 2.61. The van der Waals surface area contributed by atoms with Gasteiger partial charge >= 0.3 is 0 Å². The third kappa shape index (κ3) is 5.16. The van der Waals surface area contributed by atoms with Crippen LogP contribution in [0.1, 0.15) is 11.1 Å². The van der Waals surface area contributed by atoms with Gasteiger partial charge < -0.3 is 11.1 Å². The summed E-state index contributed by atoms with van der Waals surface area (Å²) in [4.78, 5) is 4.18. The molecule has 0 atom stereocenters. The van der Waals surface area contributed by atoms with Gasteiger partial charge in [-0.15, -0.1) is 24.0 Å². The van der Waals surface area contributed by atoms with E-state index >= 15 is 0 Å². The molecule has 0 aromatic heterocycles. The van der Waals surface area contributed by atoms with Gasteiger partial charge in [-0.05, 0) is 42.3 Å². The van der Waals surface area contributed by atoms with Gasteiger partial charge in [-0.1, -0.05) is 24.3 Å². The van der Waals surface area contributed by atoms with E-state index < -0.39 is 0 Å². The number of hydrogen-bond acceptors (Lipinski definition) is 1. The Morgan fingerprint density at radius 3 is 2.65 bits per heavy atom. The molecule has 0 aliphatic carbocycles. The Morgan fingerprint density at radius 2 is 1.95 bits per heavy atom. The van der Waals surface area contributed by atoms with Crippen molar-refractivity contribution in [2.75, 3.05) is 5.32 Å². The topological polar surface area (TPSA) is 50.4 Å². The van der Waals surface area contributed by atoms with Crippen molar-refractivity contribution >= 4 is 35.6 Å². The normalized spacial score (nSPS) is 10.8. The maximum absolute atomic E-state index is 13.0. The highest BCUT2D eigenvalue weighted by molar-refractivity contribution is 14.0. The number of benzene rings is 2. The van der Waals surface area contributed by atoms with Crippen molar-refractivity contribution < 1.29 is 4.39 Å². The first-order valence-electron chi connectivity index (χ1n) is 6.01. The minimum Gasteiger partial charge on any atom is -0.370 e. The number of hydrogen-bond donors (Lipinski definition) is 2. The van der Waals surface area contributed by atoms with E-state index in [1.807, 2.05) is 37.3 Å². The van der Waals surface area contributed by atoms with Crippen molar-refractivity contribution in [1.82, 2.24) is 0 Å². The first-order valence-corrected chi connectivity index (χ1v) is 6.01. The van der Waals surface area contributed by atoms with Crippen LogP contribution < -0.4 is 11.1 Å². The van der Waals surface area contributed by atoms with Crippen molar-refractivity contribution in [2.24, 2.45) is 10.7 Å². The van der Waals surface area contributed by atoms with Gasteiger partial charge in [-0.3, -0.25) is 0 Å². The zero-order valence-corrected chi connectivity index (χ0v) is 13.5. The highest BCUT2D eigenvalue weighted by atomic mass is 127. The Morgan fingerprint density at radius 1 is 1.20 bits per heavy atom. The number of nitrogens with zero attached hydrogens (tertiary/aromatic N) is 1. The molecule has 0 aliphatic heterocycles. The Balaban J connectivity index is 0.00000200. The molecular formula is C15H17FIN3. The van der Waals surface area contributed by atoms with Gasteiger partial charge in [0.15, 0.2) is 5.96 Å². The standard InChI is InChI=1S/C15H16FN3.HI/c1-11-4-2-7-14(8-11)19-15(17)18-10-12-5-3-6-13(16)9-12;/h2-9H,10H2,1H3,(H3,17,18,19);1H. The molecule has 5 heteroatoms. The molecule has 2 aromatic rings. The average molecular weight is 385 g/mol. The lowest BCUT2D eigenvalue weighted by Gasteiger charge is -2.06. The average Bonchev–Trinajstić information content (AvgIpc) is 2.36. The van der Waals surface area contributed by atoms with Crippen molar-refractivity contribution in [2.45, 2.75) is 13.5 Å². The van der Waals surface area contributed by atoms with Crippen LogP contribution in [-0.2, 0) is 6.54 Å². The van der Waals surface area contributed by atoms with E-state index in [2.05, 4.69) is 10.3 Å². The van der Waals surface area contributed by atoms with E-state index in [9.17, 15) is 4.39 Å². The first-order chi connectivity index (χ1) is 9.13. The molecule has 0 saturated heterocycles. The lowest BCUT2D eigenvalue weighted by Crippen LogP contribution is -2.22. The SMILES string of the molecule is Cc1cccc(NC(N)=NCc2cccc(F)c2)c1.I. The van der Waals surface area contributed by atoms with E-state index in [1.165, 1.54) is 12.1 Å². The Labute approximate surface area is 135 Å². The second-order valence-electron chi connectivity index (χ2n) is 4.33. The van der Waals surface area contributed by atoms with Crippen LogP contribution in [-0.4, -0.2) is 5.96 Å². The molecule has 20 heavy (non-hydrogen) atoms. The molecule has 0 radical (unpaired) electrons. The summed E-state index contributed by atoms with van der Waals surface area (Å²) in [6.07, 6.45) is 0. The molecule has 2 aromatic carbocycles. The molecule has 3 N–H and O–H groups in total. The number of aryl methyl sites for hydroxylation is 1. The Kier molecular flexibility index (Phi) is 6.44. The predicted octanol–water partition coefficient (Wildman–Crippen LogP) is 3.68. The molecule has 3 nitrogen and oxygen atoms in total. The molecule has 0 fully saturated rings. The van der Waals surface area contributed by atoms with Gasteiger partial charge in [-0.25, -0.2) is 9.38 Å². The Hall–Kier alpha value is -1.63. The van der Waals surface area contributed by atoms with Crippen LogP contribution >= 0.6 is 24.0 Å². The van der Waals surface area contributed by atoms with Crippen LogP contribution in [0.15, 0.2) is 53.5 Å². The summed E-state index contributed by atoms with van der Waals surface area (Å²) in [7, 11) is 0. The quantitative estimate of drug-likeness (QED) is 0.481. The van der Waals surface area contributed by atoms with Gasteiger partial charge in [0, 0.05) is 5.69 Å². The molecule has 0 aliphatic rings. The number of rotatable bonds is 3. The minimum atomic E-state index is -0.266. The van der Waals surface area contributed by atoms with Crippen molar-refractivity contribution in [3.8, 4) is 0 Å². The van der Waals surface area contributed by atoms with Gasteiger partial charge in [-0.2, -0.15) is 0 Å². The van der Waals surface area contributed by atoms with E-state index in [1.54, 1.807) is 6.07 Å². The summed E-state index contributed by atoms with van der Waals surface area (Å²) >= 11 is 0. The molecular weight excluding hydrogens is 368 g/mol. The van der Waals surface area contributed by atoms with E-state index in [4.69, 9.17) is 5.73 Å². The van der Waals surface area contributed by atoms with Crippen molar-refractivity contribution in [3.05, 3.63) is 65.5 Å². The van der Waals surface area contributed by atoms with Crippen LogP contribution in [0.4, 0.5) is 10.1 Å². The second-order valence-corrected chi connectivity index (χ2v) is 4.33. The number of guanidine groups is 1. The maximum atomic E-state index is 13.0. The van der Waals surface area contributed by atoms with Crippen LogP contribution in [0.5, 0.6) is 0 Å². The summed E-state index contributed by atoms with van der Waals surface area (Å²) in [5, 5.41) is 3.00. The van der Waals surface area contributed by atoms with Crippen LogP contribution in [0.3, 0.4) is 0 Å². The number of aliphatic imine (C=N–C) groups is 1. The molecule has 0 heterocycles. The monoisotopic (exact) mass is 385 g/mol. The molecule has 0 spiro atoms. The van der Waals surface area contributed by atoms with Crippen molar-refractivity contribution in [3.63, 3.8) is 0 Å². The van der Waals surface area contributed by atoms with Crippen LogP contribution in [0.2, 0.25) is 0 Å². The van der Waals surface area contributed by atoms with Crippen LogP contribution in [0.25, 0.3) is 0 Å². The molecule has 0 amide bonds. The summed E-state index contributed by atoms with van der Waals surface area (Å²) in [5.74, 6) is 0.0489. The van der Waals surface area contributed by atoms with Gasteiger partial charge in [0.2, 0.25) is 0 Å². The highest BCUT2D eigenvalue weighted by Crippen LogP contribution is 2.09. The van der Waals surface area contributed by atoms with Crippen LogP contribution in [0, 0.1) is 12.7 Å². The number of halogens is 2. The highest BCUT2D eigenvalue weighted by Gasteiger charge is 1.97. The lowest BCUT2D eigenvalue weighted by atomic mass is 10.2. The molecule has 0 saturated carbocycles. The fraction of sp³-hybridized carbons (Fsp3) is 0.133. The summed E-state index contributed by atoms with van der Waals surface area (Å²) in [6, 6.07) is 14.2. The zero-order valence-electron chi connectivity index (χ0n) is 11.1. The third-order valence-electron chi connectivity index (χ3n) is 2.61. The molecule has 0 bridgehead atoms. The largest absolute Gasteiger partial charge is 0.370 e. The predicted molar refractivity (Wildman–Crippen MR) is 91.9 cm³/mol. The molecule has 106 valence electrons. The first kappa shape index (κ1) is 16.4. The minimum absolute atomic E-state index is 0. The zero-order chi connectivity index (χ0) is 13.7. The van der Waals surface area contributed by atoms with Gasteiger partial charge in [0.1, 0.15) is 5.82 Å². The number of nitrogens with one attached hydrogen (secondary N) is 1.